The van der Waals surface area contributed by atoms with Crippen molar-refractivity contribution in [3.63, 3.8) is 0 Å². The first-order chi connectivity index (χ1) is 16.6. The second-order valence-corrected chi connectivity index (χ2v) is 9.23. The van der Waals surface area contributed by atoms with Gasteiger partial charge >= 0.3 is 0 Å². The quantitative estimate of drug-likeness (QED) is 0.341. The summed E-state index contributed by atoms with van der Waals surface area (Å²) < 4.78 is 5.58. The molecule has 34 heavy (non-hydrogen) atoms. The maximum absolute atomic E-state index is 13.5. The molecule has 6 nitrogen and oxygen atoms in total. The third kappa shape index (κ3) is 6.72. The number of likely N-dealkylation sites (tertiary alicyclic amines) is 1. The Balaban J connectivity index is 1.70. The SMILES string of the molecule is CCCC(CC)NCC1=CCCC(C2CCCN2C(=O)c2ccc(C/C=N\NC)c(OC)c2)=C1. The zero-order chi connectivity index (χ0) is 24.3. The number of methoxy groups -OCH3 is 1. The Hall–Kier alpha value is -2.60. The molecule has 2 unspecified atom stereocenters. The van der Waals surface area contributed by atoms with E-state index in [4.69, 9.17) is 4.74 Å². The van der Waals surface area contributed by atoms with Crippen LogP contribution in [0.2, 0.25) is 0 Å². The van der Waals surface area contributed by atoms with E-state index >= 15 is 0 Å². The minimum Gasteiger partial charge on any atom is -0.496 e. The van der Waals surface area contributed by atoms with Gasteiger partial charge in [-0.3, -0.25) is 4.79 Å². The first-order valence-corrected chi connectivity index (χ1v) is 12.9. The Bertz CT molecular complexity index is 906. The van der Waals surface area contributed by atoms with Gasteiger partial charge in [0.25, 0.3) is 5.91 Å². The number of nitrogens with one attached hydrogen (secondary N) is 2. The lowest BCUT2D eigenvalue weighted by Crippen LogP contribution is -2.37. The summed E-state index contributed by atoms with van der Waals surface area (Å²) in [6, 6.07) is 6.56. The molecular weight excluding hydrogens is 424 g/mol. The minimum absolute atomic E-state index is 0.0976. The van der Waals surface area contributed by atoms with E-state index in [0.29, 0.717) is 18.0 Å². The zero-order valence-electron chi connectivity index (χ0n) is 21.4. The van der Waals surface area contributed by atoms with Crippen molar-refractivity contribution >= 4 is 12.1 Å². The van der Waals surface area contributed by atoms with Gasteiger partial charge in [-0.25, -0.2) is 0 Å². The van der Waals surface area contributed by atoms with Crippen molar-refractivity contribution in [2.45, 2.75) is 77.3 Å². The predicted octanol–water partition coefficient (Wildman–Crippen LogP) is 4.86. The Morgan fingerprint density at radius 2 is 2.21 bits per heavy atom. The van der Waals surface area contributed by atoms with Crippen LogP contribution >= 0.6 is 0 Å². The van der Waals surface area contributed by atoms with Crippen LogP contribution < -0.4 is 15.5 Å². The number of hydrazone groups is 1. The summed E-state index contributed by atoms with van der Waals surface area (Å²) >= 11 is 0. The molecule has 1 heterocycles. The van der Waals surface area contributed by atoms with Crippen LogP contribution in [0.3, 0.4) is 0 Å². The van der Waals surface area contributed by atoms with Gasteiger partial charge in [-0.15, -0.1) is 0 Å². The molecule has 0 spiro atoms. The van der Waals surface area contributed by atoms with E-state index in [1.54, 1.807) is 20.4 Å². The lowest BCUT2D eigenvalue weighted by Gasteiger charge is -2.29. The van der Waals surface area contributed by atoms with Crippen molar-refractivity contribution < 1.29 is 9.53 Å². The molecule has 1 amide bonds. The molecule has 0 aromatic heterocycles. The minimum atomic E-state index is 0.0976. The standard InChI is InChI=1S/C28H42N4O2/c1-5-9-25(6-2)30-20-21-10-7-11-23(18-21)26-12-8-17-32(26)28(33)24-14-13-22(15-16-31-29-3)27(19-24)34-4/h10,13-14,16,18-19,25-26,29-30H,5-9,11-12,15,17,20H2,1-4H3/b31-16-. The van der Waals surface area contributed by atoms with Crippen LogP contribution in [0.4, 0.5) is 0 Å². The molecule has 1 aromatic rings. The molecular formula is C28H42N4O2. The molecule has 1 saturated heterocycles. The Morgan fingerprint density at radius 1 is 1.35 bits per heavy atom. The number of rotatable bonds is 12. The maximum atomic E-state index is 13.5. The number of carbonyl (C=O) groups is 1. The summed E-state index contributed by atoms with van der Waals surface area (Å²) in [6.45, 7) is 6.22. The number of nitrogens with zero attached hydrogens (tertiary/aromatic N) is 2. The van der Waals surface area contributed by atoms with Gasteiger partial charge in [-0.2, -0.15) is 5.10 Å². The third-order valence-electron chi connectivity index (χ3n) is 6.94. The van der Waals surface area contributed by atoms with E-state index < -0.39 is 0 Å². The van der Waals surface area contributed by atoms with Crippen LogP contribution in [-0.4, -0.2) is 56.4 Å². The molecule has 1 fully saturated rings. The highest BCUT2D eigenvalue weighted by Crippen LogP contribution is 2.32. The summed E-state index contributed by atoms with van der Waals surface area (Å²) in [4.78, 5) is 15.6. The van der Waals surface area contributed by atoms with Crippen molar-refractivity contribution in [2.24, 2.45) is 5.10 Å². The molecule has 0 saturated carbocycles. The van der Waals surface area contributed by atoms with Crippen molar-refractivity contribution in [3.8, 4) is 5.75 Å². The van der Waals surface area contributed by atoms with Gasteiger partial charge in [0.1, 0.15) is 5.75 Å². The molecule has 1 aliphatic heterocycles. The van der Waals surface area contributed by atoms with Gasteiger partial charge in [0.2, 0.25) is 0 Å². The third-order valence-corrected chi connectivity index (χ3v) is 6.94. The van der Waals surface area contributed by atoms with Gasteiger partial charge in [-0.05, 0) is 67.4 Å². The number of hydrogen-bond donors (Lipinski definition) is 2. The monoisotopic (exact) mass is 466 g/mol. The molecule has 1 aromatic carbocycles. The van der Waals surface area contributed by atoms with Crippen LogP contribution in [0.15, 0.2) is 46.6 Å². The van der Waals surface area contributed by atoms with Crippen LogP contribution in [0.25, 0.3) is 0 Å². The number of benzene rings is 1. The van der Waals surface area contributed by atoms with E-state index in [2.05, 4.69) is 46.7 Å². The van der Waals surface area contributed by atoms with Crippen molar-refractivity contribution in [2.75, 3.05) is 27.2 Å². The molecule has 2 atom stereocenters. The van der Waals surface area contributed by atoms with Gasteiger partial charge in [0.15, 0.2) is 0 Å². The second-order valence-electron chi connectivity index (χ2n) is 9.23. The fraction of sp³-hybridized carbons (Fsp3) is 0.571. The van der Waals surface area contributed by atoms with Crippen LogP contribution in [0, 0.1) is 0 Å². The first-order valence-electron chi connectivity index (χ1n) is 12.9. The summed E-state index contributed by atoms with van der Waals surface area (Å²) in [5, 5.41) is 7.77. The zero-order valence-corrected chi connectivity index (χ0v) is 21.4. The summed E-state index contributed by atoms with van der Waals surface area (Å²) in [5.74, 6) is 0.829. The number of hydrogen-bond acceptors (Lipinski definition) is 5. The van der Waals surface area contributed by atoms with Crippen LogP contribution in [0.1, 0.15) is 74.7 Å². The fourth-order valence-corrected chi connectivity index (χ4v) is 5.08. The fourth-order valence-electron chi connectivity index (χ4n) is 5.08. The predicted molar refractivity (Wildman–Crippen MR) is 141 cm³/mol. The molecule has 2 N–H and O–H groups in total. The number of allylic oxidation sites excluding steroid dienone is 1. The summed E-state index contributed by atoms with van der Waals surface area (Å²) in [7, 11) is 3.42. The van der Waals surface area contributed by atoms with Crippen molar-refractivity contribution in [3.05, 3.63) is 52.6 Å². The average molecular weight is 467 g/mol. The smallest absolute Gasteiger partial charge is 0.254 e. The molecule has 1 aliphatic carbocycles. The molecule has 0 radical (unpaired) electrons. The number of amides is 1. The van der Waals surface area contributed by atoms with Crippen LogP contribution in [-0.2, 0) is 6.42 Å². The molecule has 186 valence electrons. The highest BCUT2D eigenvalue weighted by Gasteiger charge is 2.32. The lowest BCUT2D eigenvalue weighted by atomic mass is 9.92. The maximum Gasteiger partial charge on any atom is 0.254 e. The van der Waals surface area contributed by atoms with Gasteiger partial charge in [0.05, 0.1) is 13.2 Å². The summed E-state index contributed by atoms with van der Waals surface area (Å²) in [6.07, 6.45) is 14.9. The Kier molecular flexibility index (Phi) is 10.2. The van der Waals surface area contributed by atoms with Crippen molar-refractivity contribution in [1.29, 1.82) is 0 Å². The van der Waals surface area contributed by atoms with E-state index in [-0.39, 0.29) is 11.9 Å². The largest absolute Gasteiger partial charge is 0.496 e. The highest BCUT2D eigenvalue weighted by molar-refractivity contribution is 5.95. The lowest BCUT2D eigenvalue weighted by molar-refractivity contribution is 0.0753. The molecule has 2 aliphatic rings. The Morgan fingerprint density at radius 3 is 2.94 bits per heavy atom. The topological polar surface area (TPSA) is 66.0 Å². The molecule has 3 rings (SSSR count). The van der Waals surface area contributed by atoms with Crippen LogP contribution in [0.5, 0.6) is 5.75 Å². The second kappa shape index (κ2) is 13.3. The average Bonchev–Trinajstić information content (AvgIpc) is 3.36. The summed E-state index contributed by atoms with van der Waals surface area (Å²) in [5.41, 5.74) is 7.23. The Labute approximate surface area is 205 Å². The number of ether oxygens (including phenoxy) is 1. The van der Waals surface area contributed by atoms with Gasteiger partial charge in [-0.1, -0.05) is 38.5 Å². The van der Waals surface area contributed by atoms with E-state index in [1.165, 1.54) is 24.0 Å². The van der Waals surface area contributed by atoms with E-state index in [9.17, 15) is 4.79 Å². The van der Waals surface area contributed by atoms with E-state index in [1.807, 2.05) is 18.2 Å². The normalized spacial score (nSPS) is 19.2. The molecule has 0 bridgehead atoms. The van der Waals surface area contributed by atoms with Gasteiger partial charge < -0.3 is 20.4 Å². The van der Waals surface area contributed by atoms with E-state index in [0.717, 1.165) is 56.5 Å². The first kappa shape index (κ1) is 26.0. The van der Waals surface area contributed by atoms with Gasteiger partial charge in [0, 0.05) is 44.4 Å². The van der Waals surface area contributed by atoms with Crippen molar-refractivity contribution in [1.82, 2.24) is 15.6 Å². The highest BCUT2D eigenvalue weighted by atomic mass is 16.5. The number of carbonyl (C=O) groups excluding carboxylic acids is 1. The molecule has 6 heteroatoms.